The second kappa shape index (κ2) is 7.84. The van der Waals surface area contributed by atoms with E-state index in [9.17, 15) is 0 Å². The van der Waals surface area contributed by atoms with Crippen LogP contribution in [0.25, 0.3) is 0 Å². The Labute approximate surface area is 137 Å². The first kappa shape index (κ1) is 16.4. The number of benzene rings is 2. The monoisotopic (exact) mass is 321 g/mol. The minimum Gasteiger partial charge on any atom is -0.310 e. The third kappa shape index (κ3) is 4.74. The zero-order valence-corrected chi connectivity index (χ0v) is 14.0. The van der Waals surface area contributed by atoms with Gasteiger partial charge in [-0.15, -0.1) is 0 Å². The Morgan fingerprint density at radius 1 is 1.05 bits per heavy atom. The van der Waals surface area contributed by atoms with Crippen LogP contribution in [0.4, 0.5) is 0 Å². The van der Waals surface area contributed by atoms with E-state index in [0.29, 0.717) is 0 Å². The topological polar surface area (TPSA) is 12.0 Å². The molecule has 0 aromatic heterocycles. The molecular weight excluding hydrogens is 301 g/mol. The molecule has 1 unspecified atom stereocenters. The van der Waals surface area contributed by atoms with Gasteiger partial charge in [0.1, 0.15) is 0 Å². The van der Waals surface area contributed by atoms with Gasteiger partial charge < -0.3 is 5.32 Å². The number of nitrogens with one attached hydrogen (secondary N) is 1. The predicted molar refractivity (Wildman–Crippen MR) is 92.4 cm³/mol. The molecule has 0 aliphatic heterocycles. The fourth-order valence-corrected chi connectivity index (χ4v) is 2.87. The van der Waals surface area contributed by atoms with Crippen molar-refractivity contribution in [2.75, 3.05) is 6.54 Å². The molecule has 0 aliphatic carbocycles. The summed E-state index contributed by atoms with van der Waals surface area (Å²) in [6, 6.07) is 14.5. The van der Waals surface area contributed by atoms with Gasteiger partial charge in [-0.3, -0.25) is 0 Å². The van der Waals surface area contributed by atoms with Gasteiger partial charge in [-0.1, -0.05) is 54.4 Å². The first-order chi connectivity index (χ1) is 10.1. The van der Waals surface area contributed by atoms with E-state index in [1.165, 1.54) is 11.1 Å². The van der Waals surface area contributed by atoms with Crippen LogP contribution in [0.5, 0.6) is 0 Å². The molecule has 0 saturated heterocycles. The average molecular weight is 322 g/mol. The Morgan fingerprint density at radius 3 is 2.38 bits per heavy atom. The zero-order chi connectivity index (χ0) is 15.2. The summed E-state index contributed by atoms with van der Waals surface area (Å²) < 4.78 is 0. The van der Waals surface area contributed by atoms with Crippen molar-refractivity contribution < 1.29 is 0 Å². The maximum atomic E-state index is 6.43. The third-order valence-corrected chi connectivity index (χ3v) is 4.10. The molecule has 1 nitrogen and oxygen atoms in total. The molecule has 21 heavy (non-hydrogen) atoms. The number of hydrogen-bond acceptors (Lipinski definition) is 1. The van der Waals surface area contributed by atoms with Gasteiger partial charge in [0.2, 0.25) is 0 Å². The molecule has 1 N–H and O–H groups in total. The summed E-state index contributed by atoms with van der Waals surface area (Å²) in [7, 11) is 0. The molecule has 3 heteroatoms. The Balaban J connectivity index is 2.22. The lowest BCUT2D eigenvalue weighted by Gasteiger charge is -2.21. The van der Waals surface area contributed by atoms with E-state index in [0.717, 1.165) is 35.0 Å². The highest BCUT2D eigenvalue weighted by Crippen LogP contribution is 2.27. The van der Waals surface area contributed by atoms with Gasteiger partial charge in [0.25, 0.3) is 0 Å². The van der Waals surface area contributed by atoms with Crippen LogP contribution in [0, 0.1) is 6.92 Å². The lowest BCUT2D eigenvalue weighted by molar-refractivity contribution is 0.529. The van der Waals surface area contributed by atoms with Crippen molar-refractivity contribution in [3.05, 3.63) is 69.2 Å². The van der Waals surface area contributed by atoms with Gasteiger partial charge in [0, 0.05) is 16.1 Å². The molecule has 112 valence electrons. The number of rotatable bonds is 6. The minimum atomic E-state index is 0.222. The van der Waals surface area contributed by atoms with E-state index in [1.807, 2.05) is 18.2 Å². The highest BCUT2D eigenvalue weighted by atomic mass is 35.5. The van der Waals surface area contributed by atoms with Crippen LogP contribution in [0.3, 0.4) is 0 Å². The highest BCUT2D eigenvalue weighted by molar-refractivity contribution is 6.31. The summed E-state index contributed by atoms with van der Waals surface area (Å²) in [5, 5.41) is 5.19. The van der Waals surface area contributed by atoms with Gasteiger partial charge >= 0.3 is 0 Å². The molecule has 0 fully saturated rings. The van der Waals surface area contributed by atoms with E-state index < -0.39 is 0 Å². The standard InChI is InChI=1S/C18H21Cl2N/c1-3-10-21-18(12-14-5-7-15(19)8-6-14)16-9-4-13(2)11-17(16)20/h4-9,11,18,21H,3,10,12H2,1-2H3. The first-order valence-corrected chi connectivity index (χ1v) is 8.09. The molecule has 0 spiro atoms. The predicted octanol–water partition coefficient (Wildman–Crippen LogP) is 5.59. The quantitative estimate of drug-likeness (QED) is 0.731. The molecular formula is C18H21Cl2N. The molecule has 0 aliphatic rings. The van der Waals surface area contributed by atoms with E-state index in [-0.39, 0.29) is 6.04 Å². The van der Waals surface area contributed by atoms with Crippen LogP contribution in [0.2, 0.25) is 10.0 Å². The highest BCUT2D eigenvalue weighted by Gasteiger charge is 2.15. The molecule has 0 heterocycles. The Bertz CT molecular complexity index is 578. The van der Waals surface area contributed by atoms with E-state index in [2.05, 4.69) is 43.4 Å². The van der Waals surface area contributed by atoms with Crippen LogP contribution in [0.15, 0.2) is 42.5 Å². The SMILES string of the molecule is CCCNC(Cc1ccc(Cl)cc1)c1ccc(C)cc1Cl. The van der Waals surface area contributed by atoms with Crippen LogP contribution in [-0.4, -0.2) is 6.54 Å². The van der Waals surface area contributed by atoms with Crippen LogP contribution in [0.1, 0.15) is 36.1 Å². The van der Waals surface area contributed by atoms with Crippen molar-refractivity contribution >= 4 is 23.2 Å². The van der Waals surface area contributed by atoms with Crippen LogP contribution in [-0.2, 0) is 6.42 Å². The molecule has 0 radical (unpaired) electrons. The normalized spacial score (nSPS) is 12.4. The smallest absolute Gasteiger partial charge is 0.0456 e. The van der Waals surface area contributed by atoms with Gasteiger partial charge in [0.05, 0.1) is 0 Å². The number of aryl methyl sites for hydroxylation is 1. The van der Waals surface area contributed by atoms with Crippen molar-refractivity contribution in [1.29, 1.82) is 0 Å². The van der Waals surface area contributed by atoms with Crippen LogP contribution >= 0.6 is 23.2 Å². The van der Waals surface area contributed by atoms with Crippen LogP contribution < -0.4 is 5.32 Å². The van der Waals surface area contributed by atoms with Gasteiger partial charge in [-0.05, 0) is 61.2 Å². The summed E-state index contributed by atoms with van der Waals surface area (Å²) in [6.07, 6.45) is 2.00. The Kier molecular flexibility index (Phi) is 6.10. The largest absolute Gasteiger partial charge is 0.310 e. The molecule has 2 aromatic rings. The second-order valence-electron chi connectivity index (χ2n) is 5.36. The molecule has 1 atom stereocenters. The Morgan fingerprint density at radius 2 is 1.76 bits per heavy atom. The van der Waals surface area contributed by atoms with Gasteiger partial charge in [-0.25, -0.2) is 0 Å². The molecule has 0 saturated carbocycles. The van der Waals surface area contributed by atoms with Crippen molar-refractivity contribution in [3.63, 3.8) is 0 Å². The van der Waals surface area contributed by atoms with E-state index in [4.69, 9.17) is 23.2 Å². The van der Waals surface area contributed by atoms with Crippen molar-refractivity contribution in [2.45, 2.75) is 32.7 Å². The Hall–Kier alpha value is -1.02. The van der Waals surface area contributed by atoms with Gasteiger partial charge in [0.15, 0.2) is 0 Å². The lowest BCUT2D eigenvalue weighted by Crippen LogP contribution is -2.24. The third-order valence-electron chi connectivity index (χ3n) is 3.53. The van der Waals surface area contributed by atoms with E-state index >= 15 is 0 Å². The first-order valence-electron chi connectivity index (χ1n) is 7.34. The summed E-state index contributed by atoms with van der Waals surface area (Å²) in [4.78, 5) is 0. The molecule has 2 aromatic carbocycles. The maximum absolute atomic E-state index is 6.43. The fourth-order valence-electron chi connectivity index (χ4n) is 2.38. The molecule has 0 bridgehead atoms. The molecule has 2 rings (SSSR count). The van der Waals surface area contributed by atoms with Crippen molar-refractivity contribution in [2.24, 2.45) is 0 Å². The second-order valence-corrected chi connectivity index (χ2v) is 6.21. The van der Waals surface area contributed by atoms with E-state index in [1.54, 1.807) is 0 Å². The van der Waals surface area contributed by atoms with Crippen molar-refractivity contribution in [3.8, 4) is 0 Å². The fraction of sp³-hybridized carbons (Fsp3) is 0.333. The lowest BCUT2D eigenvalue weighted by atomic mass is 9.97. The minimum absolute atomic E-state index is 0.222. The number of hydrogen-bond donors (Lipinski definition) is 1. The average Bonchev–Trinajstić information content (AvgIpc) is 2.46. The zero-order valence-electron chi connectivity index (χ0n) is 12.5. The summed E-state index contributed by atoms with van der Waals surface area (Å²) in [5.74, 6) is 0. The summed E-state index contributed by atoms with van der Waals surface area (Å²) in [5.41, 5.74) is 3.60. The summed E-state index contributed by atoms with van der Waals surface area (Å²) in [6.45, 7) is 5.20. The molecule has 0 amide bonds. The summed E-state index contributed by atoms with van der Waals surface area (Å²) >= 11 is 12.4. The maximum Gasteiger partial charge on any atom is 0.0456 e. The van der Waals surface area contributed by atoms with Gasteiger partial charge in [-0.2, -0.15) is 0 Å². The van der Waals surface area contributed by atoms with Crippen molar-refractivity contribution in [1.82, 2.24) is 5.32 Å². The number of halogens is 2.